The van der Waals surface area contributed by atoms with Crippen LogP contribution in [0.25, 0.3) is 0 Å². The van der Waals surface area contributed by atoms with Gasteiger partial charge in [-0.3, -0.25) is 0 Å². The first kappa shape index (κ1) is 14.6. The molecule has 1 aromatic carbocycles. The van der Waals surface area contributed by atoms with Crippen molar-refractivity contribution in [1.29, 1.82) is 0 Å². The van der Waals surface area contributed by atoms with Crippen molar-refractivity contribution < 1.29 is 0 Å². The molecule has 2 unspecified atom stereocenters. The Morgan fingerprint density at radius 3 is 2.26 bits per heavy atom. The molecule has 1 saturated carbocycles. The first-order valence-electron chi connectivity index (χ1n) is 7.63. The van der Waals surface area contributed by atoms with E-state index in [1.807, 2.05) is 0 Å². The lowest BCUT2D eigenvalue weighted by Gasteiger charge is -2.32. The van der Waals surface area contributed by atoms with E-state index in [4.69, 9.17) is 5.73 Å². The Hall–Kier alpha value is -0.820. The van der Waals surface area contributed by atoms with E-state index < -0.39 is 0 Å². The van der Waals surface area contributed by atoms with Crippen LogP contribution in [0.15, 0.2) is 12.1 Å². The molecule has 0 radical (unpaired) electrons. The lowest BCUT2D eigenvalue weighted by atomic mass is 9.75. The van der Waals surface area contributed by atoms with Gasteiger partial charge >= 0.3 is 0 Å². The smallest absolute Gasteiger partial charge is 0.0113 e. The topological polar surface area (TPSA) is 26.0 Å². The molecule has 2 rings (SSSR count). The van der Waals surface area contributed by atoms with Crippen LogP contribution in [-0.4, -0.2) is 6.04 Å². The van der Waals surface area contributed by atoms with Gasteiger partial charge in [-0.2, -0.15) is 0 Å². The first-order valence-corrected chi connectivity index (χ1v) is 7.63. The molecule has 0 bridgehead atoms. The number of aryl methyl sites for hydroxylation is 3. The highest BCUT2D eigenvalue weighted by molar-refractivity contribution is 5.38. The minimum Gasteiger partial charge on any atom is -0.327 e. The second-order valence-electron chi connectivity index (χ2n) is 7.23. The second kappa shape index (κ2) is 5.28. The summed E-state index contributed by atoms with van der Waals surface area (Å²) in [5.41, 5.74) is 12.6. The van der Waals surface area contributed by atoms with Gasteiger partial charge in [0.25, 0.3) is 0 Å². The molecule has 19 heavy (non-hydrogen) atoms. The van der Waals surface area contributed by atoms with Crippen LogP contribution >= 0.6 is 0 Å². The van der Waals surface area contributed by atoms with Crippen molar-refractivity contribution in [2.75, 3.05) is 0 Å². The van der Waals surface area contributed by atoms with Gasteiger partial charge in [-0.1, -0.05) is 38.0 Å². The highest BCUT2D eigenvalue weighted by Crippen LogP contribution is 2.44. The second-order valence-corrected chi connectivity index (χ2v) is 7.23. The molecule has 0 spiro atoms. The molecule has 106 valence electrons. The molecule has 0 aliphatic heterocycles. The molecule has 0 aromatic heterocycles. The highest BCUT2D eigenvalue weighted by atomic mass is 14.7. The molecule has 0 amide bonds. The van der Waals surface area contributed by atoms with Gasteiger partial charge in [0.1, 0.15) is 0 Å². The lowest BCUT2D eigenvalue weighted by Crippen LogP contribution is -2.38. The average molecular weight is 259 g/mol. The van der Waals surface area contributed by atoms with Gasteiger partial charge in [-0.25, -0.2) is 0 Å². The van der Waals surface area contributed by atoms with Crippen molar-refractivity contribution in [3.05, 3.63) is 34.4 Å². The van der Waals surface area contributed by atoms with Crippen LogP contribution in [0, 0.1) is 32.1 Å². The van der Waals surface area contributed by atoms with E-state index in [0.29, 0.717) is 17.4 Å². The predicted molar refractivity (Wildman–Crippen MR) is 83.5 cm³/mol. The van der Waals surface area contributed by atoms with Gasteiger partial charge in [0.15, 0.2) is 0 Å². The maximum Gasteiger partial charge on any atom is 0.0113 e. The van der Waals surface area contributed by atoms with E-state index in [1.54, 1.807) is 0 Å². The first-order chi connectivity index (χ1) is 8.81. The molecule has 1 aliphatic rings. The average Bonchev–Trinajstić information content (AvgIpc) is 2.63. The van der Waals surface area contributed by atoms with Crippen LogP contribution in [0.1, 0.15) is 55.4 Å². The fourth-order valence-electron chi connectivity index (χ4n) is 4.06. The van der Waals surface area contributed by atoms with E-state index in [2.05, 4.69) is 46.8 Å². The molecule has 0 saturated heterocycles. The molecule has 2 N–H and O–H groups in total. The maximum atomic E-state index is 6.56. The lowest BCUT2D eigenvalue weighted by molar-refractivity contribution is 0.220. The van der Waals surface area contributed by atoms with Crippen LogP contribution in [0.2, 0.25) is 0 Å². The van der Waals surface area contributed by atoms with E-state index >= 15 is 0 Å². The van der Waals surface area contributed by atoms with Crippen LogP contribution in [-0.2, 0) is 6.42 Å². The summed E-state index contributed by atoms with van der Waals surface area (Å²) >= 11 is 0. The summed E-state index contributed by atoms with van der Waals surface area (Å²) in [5, 5.41) is 0. The third-order valence-electron chi connectivity index (χ3n) is 5.14. The zero-order chi connectivity index (χ0) is 14.2. The largest absolute Gasteiger partial charge is 0.327 e. The normalized spacial score (nSPS) is 23.6. The Kier molecular flexibility index (Phi) is 4.06. The fraction of sp³-hybridized carbons (Fsp3) is 0.667. The van der Waals surface area contributed by atoms with Gasteiger partial charge in [0, 0.05) is 6.04 Å². The van der Waals surface area contributed by atoms with Crippen molar-refractivity contribution in [1.82, 2.24) is 0 Å². The molecule has 1 nitrogen and oxygen atoms in total. The van der Waals surface area contributed by atoms with Crippen LogP contribution in [0.3, 0.4) is 0 Å². The predicted octanol–water partition coefficient (Wildman–Crippen LogP) is 4.31. The molecular weight excluding hydrogens is 230 g/mol. The molecule has 1 aliphatic carbocycles. The molecule has 2 atom stereocenters. The zero-order valence-electron chi connectivity index (χ0n) is 13.2. The standard InChI is InChI=1S/C18H29N/c1-12-9-13(2)15(14(3)10-12)11-17(19)16-7-6-8-18(16,4)5/h9-10,16-17H,6-8,11,19H2,1-5H3. The fourth-order valence-corrected chi connectivity index (χ4v) is 4.06. The summed E-state index contributed by atoms with van der Waals surface area (Å²) in [6.45, 7) is 11.4. The summed E-state index contributed by atoms with van der Waals surface area (Å²) in [7, 11) is 0. The summed E-state index contributed by atoms with van der Waals surface area (Å²) < 4.78 is 0. The zero-order valence-corrected chi connectivity index (χ0v) is 13.2. The molecule has 1 fully saturated rings. The monoisotopic (exact) mass is 259 g/mol. The minimum absolute atomic E-state index is 0.303. The van der Waals surface area contributed by atoms with Crippen LogP contribution in [0.4, 0.5) is 0 Å². The molecule has 0 heterocycles. The van der Waals surface area contributed by atoms with E-state index in [0.717, 1.165) is 6.42 Å². The molecular formula is C18H29N. The summed E-state index contributed by atoms with van der Waals surface area (Å²) in [4.78, 5) is 0. The Labute approximate surface area is 118 Å². The molecule has 1 heteroatoms. The Morgan fingerprint density at radius 1 is 1.21 bits per heavy atom. The number of benzene rings is 1. The third-order valence-corrected chi connectivity index (χ3v) is 5.14. The van der Waals surface area contributed by atoms with Crippen LogP contribution < -0.4 is 5.73 Å². The van der Waals surface area contributed by atoms with Gasteiger partial charge in [0.2, 0.25) is 0 Å². The minimum atomic E-state index is 0.303. The van der Waals surface area contributed by atoms with Crippen molar-refractivity contribution in [2.24, 2.45) is 17.1 Å². The van der Waals surface area contributed by atoms with Gasteiger partial charge < -0.3 is 5.73 Å². The number of nitrogens with two attached hydrogens (primary N) is 1. The SMILES string of the molecule is Cc1cc(C)c(CC(N)C2CCCC2(C)C)c(C)c1. The van der Waals surface area contributed by atoms with Crippen molar-refractivity contribution in [2.45, 2.75) is 66.3 Å². The summed E-state index contributed by atoms with van der Waals surface area (Å²) in [6, 6.07) is 4.88. The van der Waals surface area contributed by atoms with Gasteiger partial charge in [0.05, 0.1) is 0 Å². The third kappa shape index (κ3) is 3.02. The highest BCUT2D eigenvalue weighted by Gasteiger charge is 2.38. The van der Waals surface area contributed by atoms with Gasteiger partial charge in [-0.05, 0) is 68.1 Å². The number of hydrogen-bond acceptors (Lipinski definition) is 1. The number of hydrogen-bond donors (Lipinski definition) is 1. The van der Waals surface area contributed by atoms with E-state index in [-0.39, 0.29) is 0 Å². The van der Waals surface area contributed by atoms with Crippen molar-refractivity contribution in [3.63, 3.8) is 0 Å². The maximum absolute atomic E-state index is 6.56. The Bertz CT molecular complexity index is 436. The van der Waals surface area contributed by atoms with Crippen LogP contribution in [0.5, 0.6) is 0 Å². The number of rotatable bonds is 3. The Balaban J connectivity index is 2.18. The van der Waals surface area contributed by atoms with E-state index in [9.17, 15) is 0 Å². The van der Waals surface area contributed by atoms with Gasteiger partial charge in [-0.15, -0.1) is 0 Å². The summed E-state index contributed by atoms with van der Waals surface area (Å²) in [5.74, 6) is 0.674. The Morgan fingerprint density at radius 2 is 1.79 bits per heavy atom. The van der Waals surface area contributed by atoms with E-state index in [1.165, 1.54) is 41.5 Å². The summed E-state index contributed by atoms with van der Waals surface area (Å²) in [6.07, 6.45) is 5.01. The van der Waals surface area contributed by atoms with Crippen molar-refractivity contribution >= 4 is 0 Å². The quantitative estimate of drug-likeness (QED) is 0.860. The molecule has 1 aromatic rings. The van der Waals surface area contributed by atoms with Crippen molar-refractivity contribution in [3.8, 4) is 0 Å².